The highest BCUT2D eigenvalue weighted by Gasteiger charge is 2.43. The normalized spacial score (nSPS) is 13.6. The lowest BCUT2D eigenvalue weighted by Crippen LogP contribution is -2.56. The Morgan fingerprint density at radius 2 is 1.00 bits per heavy atom. The number of rotatable bonds is 9. The van der Waals surface area contributed by atoms with Gasteiger partial charge in [-0.25, -0.2) is 0 Å². The van der Waals surface area contributed by atoms with E-state index in [0.29, 0.717) is 0 Å². The highest BCUT2D eigenvalue weighted by Crippen LogP contribution is 2.27. The first-order chi connectivity index (χ1) is 12.4. The molecule has 0 aliphatic rings. The van der Waals surface area contributed by atoms with Gasteiger partial charge in [0.1, 0.15) is 5.78 Å². The Hall–Kier alpha value is 0.418. The molecule has 0 saturated heterocycles. The molecule has 0 fully saturated rings. The minimum atomic E-state index is -2.12. The summed E-state index contributed by atoms with van der Waals surface area (Å²) in [5.74, 6) is 0.167. The SMILES string of the molecule is CC.CC.CC(C)=O.CCCC[Si](C)(O[Si](C)(C)C)O[Si](C)(C)O[Si](C)(C)C. The molecule has 0 spiro atoms. The molecule has 0 aromatic heterocycles. The summed E-state index contributed by atoms with van der Waals surface area (Å²) in [7, 11) is -7.38. The predicted octanol–water partition coefficient (Wildman–Crippen LogP) is 7.93. The van der Waals surface area contributed by atoms with Crippen LogP contribution >= 0.6 is 0 Å². The third kappa shape index (κ3) is 31.1. The van der Waals surface area contributed by atoms with Crippen LogP contribution in [0.5, 0.6) is 0 Å². The quantitative estimate of drug-likeness (QED) is 0.321. The molecule has 0 aliphatic heterocycles. The van der Waals surface area contributed by atoms with Crippen LogP contribution in [0.3, 0.4) is 0 Å². The first-order valence-corrected chi connectivity index (χ1v) is 23.1. The van der Waals surface area contributed by atoms with Crippen LogP contribution in [0.25, 0.3) is 0 Å². The van der Waals surface area contributed by atoms with Gasteiger partial charge in [-0.2, -0.15) is 0 Å². The fourth-order valence-corrected chi connectivity index (χ4v) is 20.7. The van der Waals surface area contributed by atoms with Crippen molar-refractivity contribution in [2.45, 2.75) is 126 Å². The predicted molar refractivity (Wildman–Crippen MR) is 138 cm³/mol. The third-order valence-corrected chi connectivity index (χ3v) is 16.1. The summed E-state index contributed by atoms with van der Waals surface area (Å²) in [6.45, 7) is 33.3. The summed E-state index contributed by atoms with van der Waals surface area (Å²) >= 11 is 0. The second kappa shape index (κ2) is 17.1. The molecular weight excluding hydrogens is 417 g/mol. The number of carbonyl (C=O) groups excluding carboxylic acids is 1. The molecule has 0 amide bonds. The van der Waals surface area contributed by atoms with E-state index in [9.17, 15) is 4.79 Å². The fourth-order valence-electron chi connectivity index (χ4n) is 2.55. The molecule has 0 bridgehead atoms. The number of hydrogen-bond acceptors (Lipinski definition) is 4. The van der Waals surface area contributed by atoms with Gasteiger partial charge < -0.3 is 17.1 Å². The van der Waals surface area contributed by atoms with Gasteiger partial charge in [0, 0.05) is 0 Å². The van der Waals surface area contributed by atoms with Gasteiger partial charge in [0.05, 0.1) is 0 Å². The molecular formula is C20H54O4Si4. The van der Waals surface area contributed by atoms with Crippen LogP contribution in [-0.2, 0) is 17.1 Å². The summed E-state index contributed by atoms with van der Waals surface area (Å²) in [4.78, 5) is 9.44. The molecule has 0 heterocycles. The maximum atomic E-state index is 9.44. The van der Waals surface area contributed by atoms with Gasteiger partial charge in [0.25, 0.3) is 0 Å². The minimum absolute atomic E-state index is 0.167. The Morgan fingerprint density at radius 1 is 0.679 bits per heavy atom. The smallest absolute Gasteiger partial charge is 0.315 e. The summed E-state index contributed by atoms with van der Waals surface area (Å²) in [6.07, 6.45) is 2.38. The van der Waals surface area contributed by atoms with Gasteiger partial charge in [-0.3, -0.25) is 0 Å². The van der Waals surface area contributed by atoms with Crippen molar-refractivity contribution in [1.82, 2.24) is 0 Å². The zero-order valence-corrected chi connectivity index (χ0v) is 26.3. The topological polar surface area (TPSA) is 44.8 Å². The number of carbonyl (C=O) groups is 1. The third-order valence-electron chi connectivity index (χ3n) is 2.52. The number of Topliss-reactive ketones (excluding diaryl/α,β-unsaturated/α-hetero) is 1. The van der Waals surface area contributed by atoms with Gasteiger partial charge in [-0.05, 0) is 78.8 Å². The lowest BCUT2D eigenvalue weighted by molar-refractivity contribution is -0.115. The highest BCUT2D eigenvalue weighted by molar-refractivity contribution is 6.89. The van der Waals surface area contributed by atoms with E-state index < -0.39 is 33.8 Å². The summed E-state index contributed by atoms with van der Waals surface area (Å²) < 4.78 is 19.4. The second-order valence-electron chi connectivity index (χ2n) is 9.08. The minimum Gasteiger partial charge on any atom is -0.437 e. The number of ketones is 1. The summed E-state index contributed by atoms with van der Waals surface area (Å²) in [6, 6.07) is 1.08. The first-order valence-electron chi connectivity index (χ1n) is 11.0. The van der Waals surface area contributed by atoms with E-state index in [1.165, 1.54) is 26.7 Å². The van der Waals surface area contributed by atoms with Crippen molar-refractivity contribution in [2.75, 3.05) is 0 Å². The van der Waals surface area contributed by atoms with Crippen LogP contribution in [-0.4, -0.2) is 39.5 Å². The van der Waals surface area contributed by atoms with Crippen molar-refractivity contribution >= 4 is 39.5 Å². The number of unbranched alkanes of at least 4 members (excludes halogenated alkanes) is 1. The van der Waals surface area contributed by atoms with Gasteiger partial charge in [-0.1, -0.05) is 47.5 Å². The Bertz CT molecular complexity index is 373. The second-order valence-corrected chi connectivity index (χ2v) is 25.5. The lowest BCUT2D eigenvalue weighted by Gasteiger charge is -2.41. The average Bonchev–Trinajstić information content (AvgIpc) is 2.43. The Kier molecular flexibility index (Phi) is 21.9. The van der Waals surface area contributed by atoms with Gasteiger partial charge in [-0.15, -0.1) is 0 Å². The molecule has 0 aromatic rings. The monoisotopic (exact) mass is 470 g/mol. The Morgan fingerprint density at radius 3 is 1.25 bits per heavy atom. The van der Waals surface area contributed by atoms with Gasteiger partial charge in [0.15, 0.2) is 16.6 Å². The summed E-state index contributed by atoms with van der Waals surface area (Å²) in [5, 5.41) is 0. The fraction of sp³-hybridized carbons (Fsp3) is 0.950. The molecule has 0 aromatic carbocycles. The van der Waals surface area contributed by atoms with Crippen molar-refractivity contribution < 1.29 is 17.1 Å². The van der Waals surface area contributed by atoms with Crippen molar-refractivity contribution in [3.8, 4) is 0 Å². The molecule has 1 unspecified atom stereocenters. The van der Waals surface area contributed by atoms with Crippen molar-refractivity contribution in [3.05, 3.63) is 0 Å². The van der Waals surface area contributed by atoms with Gasteiger partial charge >= 0.3 is 17.1 Å². The van der Waals surface area contributed by atoms with Gasteiger partial charge in [0.2, 0.25) is 0 Å². The van der Waals surface area contributed by atoms with Crippen LogP contribution < -0.4 is 0 Å². The maximum Gasteiger partial charge on any atom is 0.315 e. The lowest BCUT2D eigenvalue weighted by atomic mass is 10.4. The maximum absolute atomic E-state index is 9.44. The number of hydrogen-bond donors (Lipinski definition) is 0. The van der Waals surface area contributed by atoms with E-state index >= 15 is 0 Å². The van der Waals surface area contributed by atoms with Crippen LogP contribution in [0.2, 0.25) is 65.0 Å². The zero-order chi connectivity index (χ0) is 23.8. The zero-order valence-electron chi connectivity index (χ0n) is 22.3. The van der Waals surface area contributed by atoms with Crippen molar-refractivity contribution in [2.24, 2.45) is 0 Å². The van der Waals surface area contributed by atoms with E-state index in [2.05, 4.69) is 65.8 Å². The molecule has 8 heteroatoms. The van der Waals surface area contributed by atoms with E-state index in [0.717, 1.165) is 6.04 Å². The molecule has 0 rings (SSSR count). The van der Waals surface area contributed by atoms with E-state index in [4.69, 9.17) is 12.3 Å². The average molecular weight is 471 g/mol. The van der Waals surface area contributed by atoms with Crippen molar-refractivity contribution in [3.63, 3.8) is 0 Å². The Labute approximate surface area is 182 Å². The molecule has 174 valence electrons. The van der Waals surface area contributed by atoms with E-state index in [1.54, 1.807) is 0 Å². The van der Waals surface area contributed by atoms with Crippen LogP contribution in [0.15, 0.2) is 0 Å². The van der Waals surface area contributed by atoms with E-state index in [1.807, 2.05) is 27.7 Å². The Balaban J connectivity index is -0.000000309. The van der Waals surface area contributed by atoms with Crippen LogP contribution in [0, 0.1) is 0 Å². The van der Waals surface area contributed by atoms with E-state index in [-0.39, 0.29) is 5.78 Å². The first kappa shape index (κ1) is 35.8. The molecule has 0 aliphatic carbocycles. The molecule has 0 N–H and O–H groups in total. The molecule has 4 nitrogen and oxygen atoms in total. The molecule has 28 heavy (non-hydrogen) atoms. The standard InChI is InChI=1S/C13H36O3Si4.C3H6O.2C2H6/c1-11-12-13-20(10,15-18(5,6)7)16-19(8,9)14-17(2,3)4;1-3(2)4;2*1-2/h11-13H2,1-10H3;1-2H3;2*1-2H3. The van der Waals surface area contributed by atoms with Crippen LogP contribution in [0.4, 0.5) is 0 Å². The molecule has 0 radical (unpaired) electrons. The molecule has 0 saturated carbocycles. The van der Waals surface area contributed by atoms with Crippen LogP contribution in [0.1, 0.15) is 61.3 Å². The largest absolute Gasteiger partial charge is 0.437 e. The molecule has 1 atom stereocenters. The van der Waals surface area contributed by atoms with Crippen molar-refractivity contribution in [1.29, 1.82) is 0 Å². The highest BCUT2D eigenvalue weighted by atomic mass is 28.5. The summed E-state index contributed by atoms with van der Waals surface area (Å²) in [5.41, 5.74) is 0.